The Hall–Kier alpha value is -2.50. The molecule has 2 aliphatic heterocycles. The first kappa shape index (κ1) is 15.4. The third-order valence-corrected chi connectivity index (χ3v) is 7.65. The Kier molecular flexibility index (Phi) is 2.60. The van der Waals surface area contributed by atoms with E-state index in [4.69, 9.17) is 13.9 Å². The molecule has 2 N–H and O–H groups in total. The summed E-state index contributed by atoms with van der Waals surface area (Å²) < 4.78 is 18.6. The van der Waals surface area contributed by atoms with E-state index in [1.54, 1.807) is 7.11 Å². The zero-order valence-electron chi connectivity index (χ0n) is 15.6. The van der Waals surface area contributed by atoms with E-state index in [-0.39, 0.29) is 12.1 Å². The molecule has 5 heteroatoms. The Balaban J connectivity index is 1.60. The van der Waals surface area contributed by atoms with E-state index < -0.39 is 11.0 Å². The lowest BCUT2D eigenvalue weighted by Gasteiger charge is -2.59. The number of rotatable bonds is 1. The molecule has 1 spiro atoms. The summed E-state index contributed by atoms with van der Waals surface area (Å²) in [6.07, 6.45) is 1.86. The zero-order valence-corrected chi connectivity index (χ0v) is 15.6. The molecule has 7 rings (SSSR count). The second-order valence-electron chi connectivity index (χ2n) is 8.60. The van der Waals surface area contributed by atoms with Crippen LogP contribution in [-0.2, 0) is 18.3 Å². The summed E-state index contributed by atoms with van der Waals surface area (Å²) in [4.78, 5) is 0. The summed E-state index contributed by atoms with van der Waals surface area (Å²) in [6, 6.07) is 12.2. The number of para-hydroxylation sites is 1. The minimum Gasteiger partial charge on any atom is -0.493 e. The fourth-order valence-electron chi connectivity index (χ4n) is 6.53. The van der Waals surface area contributed by atoms with Crippen molar-refractivity contribution >= 4 is 11.0 Å². The Labute approximate surface area is 162 Å². The van der Waals surface area contributed by atoms with Crippen LogP contribution < -0.4 is 14.8 Å². The molecule has 1 aromatic heterocycles. The van der Waals surface area contributed by atoms with Gasteiger partial charge in [0, 0.05) is 29.0 Å². The number of hydrogen-bond acceptors (Lipinski definition) is 5. The topological polar surface area (TPSA) is 63.9 Å². The van der Waals surface area contributed by atoms with Crippen LogP contribution in [0.3, 0.4) is 0 Å². The smallest absolute Gasteiger partial charge is 0.169 e. The number of fused-ring (bicyclic) bond motifs is 4. The third kappa shape index (κ3) is 1.45. The Morgan fingerprint density at radius 1 is 1.21 bits per heavy atom. The molecule has 3 aromatic rings. The molecule has 0 radical (unpaired) electrons. The van der Waals surface area contributed by atoms with Crippen molar-refractivity contribution in [3.05, 3.63) is 58.8 Å². The average Bonchev–Trinajstić information content (AvgIpc) is 3.22. The maximum absolute atomic E-state index is 12.3. The van der Waals surface area contributed by atoms with Crippen LogP contribution in [0, 0.1) is 0 Å². The molecule has 28 heavy (non-hydrogen) atoms. The van der Waals surface area contributed by atoms with Crippen molar-refractivity contribution in [2.24, 2.45) is 0 Å². The van der Waals surface area contributed by atoms with Crippen molar-refractivity contribution in [2.75, 3.05) is 13.7 Å². The van der Waals surface area contributed by atoms with Crippen LogP contribution >= 0.6 is 0 Å². The molecule has 0 amide bonds. The summed E-state index contributed by atoms with van der Waals surface area (Å²) in [6.45, 7) is 0.860. The maximum Gasteiger partial charge on any atom is 0.169 e. The first-order valence-electron chi connectivity index (χ1n) is 10.0. The molecular weight excluding hydrogens is 354 g/mol. The molecule has 142 valence electrons. The molecule has 4 atom stereocenters. The first-order chi connectivity index (χ1) is 13.7. The normalized spacial score (nSPS) is 33.9. The van der Waals surface area contributed by atoms with Crippen LogP contribution in [0.25, 0.3) is 11.0 Å². The molecule has 2 aliphatic carbocycles. The van der Waals surface area contributed by atoms with Gasteiger partial charge in [-0.3, -0.25) is 0 Å². The Bertz CT molecular complexity index is 1170. The molecule has 1 saturated heterocycles. The second-order valence-corrected chi connectivity index (χ2v) is 8.60. The predicted molar refractivity (Wildman–Crippen MR) is 103 cm³/mol. The maximum atomic E-state index is 12.3. The fraction of sp³-hybridized carbons (Fsp3) is 0.391. The molecule has 2 aromatic carbocycles. The van der Waals surface area contributed by atoms with Gasteiger partial charge < -0.3 is 24.3 Å². The van der Waals surface area contributed by atoms with Crippen LogP contribution in [-0.4, -0.2) is 30.4 Å². The van der Waals surface area contributed by atoms with Gasteiger partial charge in [0.15, 0.2) is 17.6 Å². The van der Waals surface area contributed by atoms with E-state index in [0.717, 1.165) is 58.7 Å². The van der Waals surface area contributed by atoms with Crippen molar-refractivity contribution in [1.29, 1.82) is 0 Å². The lowest BCUT2D eigenvalue weighted by Crippen LogP contribution is -2.73. The van der Waals surface area contributed by atoms with Gasteiger partial charge in [0.05, 0.1) is 18.1 Å². The van der Waals surface area contributed by atoms with Crippen LogP contribution in [0.1, 0.15) is 35.0 Å². The molecule has 4 aliphatic rings. The number of piperidine rings is 1. The SMILES string of the molecule is COc1ccc2c3c1O[C@H]1c4oc5ccccc5c4C[C@@]4(O)[C@@H](C2)NCC[C@]314. The summed E-state index contributed by atoms with van der Waals surface area (Å²) >= 11 is 0. The molecule has 5 nitrogen and oxygen atoms in total. The van der Waals surface area contributed by atoms with Crippen LogP contribution in [0.4, 0.5) is 0 Å². The highest BCUT2D eigenvalue weighted by molar-refractivity contribution is 5.84. The van der Waals surface area contributed by atoms with E-state index in [2.05, 4.69) is 17.4 Å². The van der Waals surface area contributed by atoms with Crippen LogP contribution in [0.2, 0.25) is 0 Å². The van der Waals surface area contributed by atoms with Gasteiger partial charge in [0.1, 0.15) is 11.3 Å². The van der Waals surface area contributed by atoms with Crippen molar-refractivity contribution in [2.45, 2.75) is 42.4 Å². The summed E-state index contributed by atoms with van der Waals surface area (Å²) in [5.74, 6) is 2.40. The van der Waals surface area contributed by atoms with Gasteiger partial charge in [0.25, 0.3) is 0 Å². The number of methoxy groups -OCH3 is 1. The molecule has 1 fully saturated rings. The van der Waals surface area contributed by atoms with Crippen LogP contribution in [0.5, 0.6) is 11.5 Å². The van der Waals surface area contributed by atoms with Crippen molar-refractivity contribution in [3.63, 3.8) is 0 Å². The number of furan rings is 1. The first-order valence-corrected chi connectivity index (χ1v) is 10.0. The Morgan fingerprint density at radius 3 is 3.00 bits per heavy atom. The third-order valence-electron chi connectivity index (χ3n) is 7.65. The molecule has 0 saturated carbocycles. The minimum absolute atomic E-state index is 0.000933. The quantitative estimate of drug-likeness (QED) is 0.685. The van der Waals surface area contributed by atoms with E-state index in [1.165, 1.54) is 5.56 Å². The van der Waals surface area contributed by atoms with E-state index in [9.17, 15) is 5.11 Å². The van der Waals surface area contributed by atoms with Gasteiger partial charge in [-0.2, -0.15) is 0 Å². The summed E-state index contributed by atoms with van der Waals surface area (Å²) in [7, 11) is 1.67. The van der Waals surface area contributed by atoms with Gasteiger partial charge in [0.2, 0.25) is 0 Å². The number of benzene rings is 2. The number of aliphatic hydroxyl groups is 1. The second kappa shape index (κ2) is 4.73. The van der Waals surface area contributed by atoms with E-state index in [0.29, 0.717) is 6.42 Å². The standard InChI is InChI=1S/C23H21NO4/c1-26-16-7-6-12-10-17-23(25)11-14-13-4-2-3-5-15(13)27-19(14)21-22(23,8-9-24-17)18(12)20(16)28-21/h2-7,17,21,24-25H,8-11H2,1H3/t17-,21+,22+,23-/m1/s1. The van der Waals surface area contributed by atoms with Crippen LogP contribution in [0.15, 0.2) is 40.8 Å². The monoisotopic (exact) mass is 375 g/mol. The highest BCUT2D eigenvalue weighted by Crippen LogP contribution is 2.68. The van der Waals surface area contributed by atoms with Gasteiger partial charge in [-0.15, -0.1) is 0 Å². The minimum atomic E-state index is -0.916. The molecule has 0 unspecified atom stereocenters. The highest BCUT2D eigenvalue weighted by Gasteiger charge is 2.72. The fourth-order valence-corrected chi connectivity index (χ4v) is 6.53. The van der Waals surface area contributed by atoms with Crippen molar-refractivity contribution < 1.29 is 19.0 Å². The summed E-state index contributed by atoms with van der Waals surface area (Å²) in [5.41, 5.74) is 2.92. The van der Waals surface area contributed by atoms with Gasteiger partial charge in [-0.05, 0) is 37.1 Å². The van der Waals surface area contributed by atoms with Crippen molar-refractivity contribution in [3.8, 4) is 11.5 Å². The number of hydrogen-bond donors (Lipinski definition) is 2. The van der Waals surface area contributed by atoms with Gasteiger partial charge >= 0.3 is 0 Å². The number of ether oxygens (including phenoxy) is 2. The van der Waals surface area contributed by atoms with E-state index >= 15 is 0 Å². The molecular formula is C23H21NO4. The summed E-state index contributed by atoms with van der Waals surface area (Å²) in [5, 5.41) is 17.0. The molecule has 3 heterocycles. The predicted octanol–water partition coefficient (Wildman–Crippen LogP) is 3.02. The van der Waals surface area contributed by atoms with E-state index in [1.807, 2.05) is 24.3 Å². The molecule has 2 bridgehead atoms. The Morgan fingerprint density at radius 2 is 2.11 bits per heavy atom. The lowest BCUT2D eigenvalue weighted by molar-refractivity contribution is -0.137. The number of nitrogens with one attached hydrogen (secondary N) is 1. The average molecular weight is 375 g/mol. The van der Waals surface area contributed by atoms with Gasteiger partial charge in [-0.25, -0.2) is 0 Å². The highest BCUT2D eigenvalue weighted by atomic mass is 16.5. The van der Waals surface area contributed by atoms with Gasteiger partial charge in [-0.1, -0.05) is 24.3 Å². The largest absolute Gasteiger partial charge is 0.493 e. The van der Waals surface area contributed by atoms with Crippen molar-refractivity contribution in [1.82, 2.24) is 5.32 Å². The zero-order chi connectivity index (χ0) is 18.7. The lowest BCUT2D eigenvalue weighted by atomic mass is 9.49.